The molecule has 84 valence electrons. The predicted molar refractivity (Wildman–Crippen MR) is 67.5 cm³/mol. The van der Waals surface area contributed by atoms with Gasteiger partial charge in [-0.3, -0.25) is 4.99 Å². The summed E-state index contributed by atoms with van der Waals surface area (Å²) in [6, 6.07) is 0. The van der Waals surface area contributed by atoms with Gasteiger partial charge in [-0.1, -0.05) is 26.7 Å². The van der Waals surface area contributed by atoms with Crippen LogP contribution in [0.5, 0.6) is 0 Å². The van der Waals surface area contributed by atoms with Gasteiger partial charge in [0.1, 0.15) is 0 Å². The van der Waals surface area contributed by atoms with Crippen LogP contribution in [-0.2, 0) is 0 Å². The molecule has 2 aliphatic carbocycles. The maximum Gasteiger partial charge on any atom is 0.0688 e. The number of hydrogen-bond donors (Lipinski definition) is 0. The van der Waals surface area contributed by atoms with Crippen LogP contribution < -0.4 is 0 Å². The van der Waals surface area contributed by atoms with Crippen molar-refractivity contribution in [3.8, 4) is 0 Å². The molecule has 1 nitrogen and oxygen atoms in total. The Balaban J connectivity index is 1.96. The maximum absolute atomic E-state index is 5.10. The van der Waals surface area contributed by atoms with E-state index in [1.807, 2.05) is 11.8 Å². The zero-order valence-electron chi connectivity index (χ0n) is 10.0. The van der Waals surface area contributed by atoms with Crippen molar-refractivity contribution in [2.75, 3.05) is 6.26 Å². The molecular formula is C13H21NS. The van der Waals surface area contributed by atoms with E-state index in [9.17, 15) is 0 Å². The number of thioether (sulfide) groups is 1. The molecule has 3 aliphatic rings. The minimum absolute atomic E-state index is 0.403. The molecule has 2 saturated carbocycles. The Morgan fingerprint density at radius 1 is 1.27 bits per heavy atom. The van der Waals surface area contributed by atoms with Gasteiger partial charge in [0.05, 0.1) is 10.6 Å². The lowest BCUT2D eigenvalue weighted by Gasteiger charge is -2.65. The summed E-state index contributed by atoms with van der Waals surface area (Å²) in [5.74, 6) is 1.74. The van der Waals surface area contributed by atoms with Gasteiger partial charge in [-0.25, -0.2) is 0 Å². The monoisotopic (exact) mass is 223 g/mol. The molecular weight excluding hydrogens is 202 g/mol. The first-order chi connectivity index (χ1) is 7.11. The van der Waals surface area contributed by atoms with E-state index < -0.39 is 0 Å². The van der Waals surface area contributed by atoms with Gasteiger partial charge >= 0.3 is 0 Å². The molecule has 0 saturated heterocycles. The van der Waals surface area contributed by atoms with E-state index in [0.717, 1.165) is 11.8 Å². The van der Waals surface area contributed by atoms with Gasteiger partial charge in [-0.05, 0) is 36.3 Å². The van der Waals surface area contributed by atoms with Crippen molar-refractivity contribution in [1.29, 1.82) is 0 Å². The second kappa shape index (κ2) is 3.03. The molecule has 0 radical (unpaired) electrons. The first-order valence-electron chi connectivity index (χ1n) is 6.24. The molecule has 2 fully saturated rings. The third-order valence-corrected chi connectivity index (χ3v) is 6.00. The van der Waals surface area contributed by atoms with Crippen LogP contribution in [0.25, 0.3) is 0 Å². The van der Waals surface area contributed by atoms with Crippen molar-refractivity contribution in [3.63, 3.8) is 0 Å². The summed E-state index contributed by atoms with van der Waals surface area (Å²) in [6.45, 7) is 4.95. The Kier molecular flexibility index (Phi) is 2.06. The topological polar surface area (TPSA) is 12.4 Å². The van der Waals surface area contributed by atoms with Crippen molar-refractivity contribution in [2.24, 2.45) is 22.2 Å². The minimum Gasteiger partial charge on any atom is -0.276 e. The Morgan fingerprint density at radius 2 is 2.07 bits per heavy atom. The molecule has 3 atom stereocenters. The van der Waals surface area contributed by atoms with Crippen molar-refractivity contribution >= 4 is 16.8 Å². The quantitative estimate of drug-likeness (QED) is 0.609. The maximum atomic E-state index is 5.10. The molecule has 0 amide bonds. The van der Waals surface area contributed by atoms with E-state index in [2.05, 4.69) is 20.1 Å². The van der Waals surface area contributed by atoms with E-state index in [-0.39, 0.29) is 0 Å². The Labute approximate surface area is 97.1 Å². The molecule has 1 heterocycles. The summed E-state index contributed by atoms with van der Waals surface area (Å²) in [7, 11) is 0. The fourth-order valence-electron chi connectivity index (χ4n) is 4.64. The lowest BCUT2D eigenvalue weighted by Crippen LogP contribution is -2.65. The third kappa shape index (κ3) is 1.09. The Bertz CT molecular complexity index is 320. The van der Waals surface area contributed by atoms with Crippen molar-refractivity contribution < 1.29 is 0 Å². The van der Waals surface area contributed by atoms with E-state index >= 15 is 0 Å². The van der Waals surface area contributed by atoms with Gasteiger partial charge in [-0.15, -0.1) is 11.8 Å². The molecule has 1 spiro atoms. The lowest BCUT2D eigenvalue weighted by atomic mass is 9.41. The molecule has 0 aromatic rings. The summed E-state index contributed by atoms with van der Waals surface area (Å²) >= 11 is 1.88. The lowest BCUT2D eigenvalue weighted by molar-refractivity contribution is -0.128. The average molecular weight is 223 g/mol. The summed E-state index contributed by atoms with van der Waals surface area (Å²) in [4.78, 5) is 5.10. The Morgan fingerprint density at radius 3 is 2.80 bits per heavy atom. The van der Waals surface area contributed by atoms with E-state index in [4.69, 9.17) is 4.99 Å². The van der Waals surface area contributed by atoms with E-state index in [1.54, 1.807) is 0 Å². The number of nitrogens with zero attached hydrogens (tertiary/aromatic N) is 1. The average Bonchev–Trinajstić information content (AvgIpc) is 2.55. The predicted octanol–water partition coefficient (Wildman–Crippen LogP) is 3.74. The van der Waals surface area contributed by atoms with Crippen LogP contribution in [-0.4, -0.2) is 16.8 Å². The molecule has 0 aromatic carbocycles. The normalized spacial score (nSPS) is 46.5. The van der Waals surface area contributed by atoms with Crippen molar-refractivity contribution in [2.45, 2.75) is 51.5 Å². The smallest absolute Gasteiger partial charge is 0.0688 e. The van der Waals surface area contributed by atoms with Crippen LogP contribution in [0.15, 0.2) is 4.99 Å². The third-order valence-electron chi connectivity index (χ3n) is 5.27. The summed E-state index contributed by atoms with van der Waals surface area (Å²) in [5.41, 5.74) is 0.960. The molecule has 3 rings (SSSR count). The second-order valence-electron chi connectivity index (χ2n) is 6.08. The summed E-state index contributed by atoms with van der Waals surface area (Å²) < 4.78 is 0. The first-order valence-corrected chi connectivity index (χ1v) is 7.46. The molecule has 2 heteroatoms. The highest BCUT2D eigenvalue weighted by Crippen LogP contribution is 2.69. The highest BCUT2D eigenvalue weighted by molar-refractivity contribution is 8.13. The zero-order chi connectivity index (χ0) is 10.7. The summed E-state index contributed by atoms with van der Waals surface area (Å²) in [6.07, 6.45) is 9.10. The SMILES string of the molecule is CSC1=N[C@@]23CCCC[C@H]2C(C)(C)[C@H]3C1. The highest BCUT2D eigenvalue weighted by Gasteiger charge is 2.68. The van der Waals surface area contributed by atoms with Gasteiger partial charge in [0.15, 0.2) is 0 Å². The van der Waals surface area contributed by atoms with Gasteiger partial charge < -0.3 is 0 Å². The molecule has 15 heavy (non-hydrogen) atoms. The second-order valence-corrected chi connectivity index (χ2v) is 6.96. The Hall–Kier alpha value is 0.0200. The van der Waals surface area contributed by atoms with Crippen LogP contribution in [0.4, 0.5) is 0 Å². The van der Waals surface area contributed by atoms with Gasteiger partial charge in [0.2, 0.25) is 0 Å². The van der Waals surface area contributed by atoms with Gasteiger partial charge in [-0.2, -0.15) is 0 Å². The molecule has 1 aliphatic heterocycles. The first kappa shape index (κ1) is 10.2. The number of aliphatic imine (C=N–C) groups is 1. The largest absolute Gasteiger partial charge is 0.276 e. The van der Waals surface area contributed by atoms with Gasteiger partial charge in [0.25, 0.3) is 0 Å². The van der Waals surface area contributed by atoms with E-state index in [1.165, 1.54) is 37.1 Å². The molecule has 0 unspecified atom stereocenters. The minimum atomic E-state index is 0.403. The van der Waals surface area contributed by atoms with E-state index in [0.29, 0.717) is 11.0 Å². The van der Waals surface area contributed by atoms with Crippen molar-refractivity contribution in [3.05, 3.63) is 0 Å². The van der Waals surface area contributed by atoms with Crippen LogP contribution in [0.2, 0.25) is 0 Å². The number of hydrogen-bond acceptors (Lipinski definition) is 2. The zero-order valence-corrected chi connectivity index (χ0v) is 10.9. The highest BCUT2D eigenvalue weighted by atomic mass is 32.2. The molecule has 0 bridgehead atoms. The van der Waals surface area contributed by atoms with Crippen LogP contribution in [0.1, 0.15) is 46.0 Å². The van der Waals surface area contributed by atoms with Gasteiger partial charge in [0, 0.05) is 6.42 Å². The summed E-state index contributed by atoms with van der Waals surface area (Å²) in [5, 5.41) is 1.43. The number of rotatable bonds is 0. The van der Waals surface area contributed by atoms with Crippen LogP contribution >= 0.6 is 11.8 Å². The van der Waals surface area contributed by atoms with Crippen molar-refractivity contribution in [1.82, 2.24) is 0 Å². The molecule has 0 N–H and O–H groups in total. The van der Waals surface area contributed by atoms with Crippen LogP contribution in [0.3, 0.4) is 0 Å². The van der Waals surface area contributed by atoms with Crippen LogP contribution in [0, 0.1) is 17.3 Å². The molecule has 0 aromatic heterocycles. The fourth-order valence-corrected chi connectivity index (χ4v) is 5.23. The fraction of sp³-hybridized carbons (Fsp3) is 0.923. The standard InChI is InChI=1S/C13H21NS/c1-12(2)9-6-4-5-7-13(9)10(12)8-11(14-13)15-3/h9-10H,4-8H2,1-3H3/t9-,10+,13-/m0/s1.